The van der Waals surface area contributed by atoms with Gasteiger partial charge < -0.3 is 9.84 Å². The van der Waals surface area contributed by atoms with Crippen molar-refractivity contribution in [3.05, 3.63) is 95.5 Å². The molecule has 146 valence electrons. The Labute approximate surface area is 177 Å². The van der Waals surface area contributed by atoms with Gasteiger partial charge in [-0.3, -0.25) is 9.78 Å². The molecule has 0 unspecified atom stereocenters. The van der Waals surface area contributed by atoms with Crippen LogP contribution in [0.5, 0.6) is 0 Å². The van der Waals surface area contributed by atoms with Crippen LogP contribution in [0, 0.1) is 0 Å². The molecular formula is C24H17N3O2S. The number of pyridine rings is 1. The van der Waals surface area contributed by atoms with Crippen LogP contribution in [0.25, 0.3) is 32.8 Å². The van der Waals surface area contributed by atoms with Crippen LogP contribution in [0.15, 0.2) is 88.9 Å². The number of carbonyl (C=O) groups excluding carboxylic acids is 1. The lowest BCUT2D eigenvalue weighted by atomic mass is 10.1. The van der Waals surface area contributed by atoms with Gasteiger partial charge in [-0.1, -0.05) is 47.6 Å². The van der Waals surface area contributed by atoms with Gasteiger partial charge in [-0.15, -0.1) is 11.3 Å². The Kier molecular flexibility index (Phi) is 4.83. The van der Waals surface area contributed by atoms with Crippen molar-refractivity contribution >= 4 is 28.1 Å². The number of aromatic nitrogens is 2. The van der Waals surface area contributed by atoms with Crippen LogP contribution in [0.1, 0.15) is 15.9 Å². The van der Waals surface area contributed by atoms with Crippen LogP contribution in [0.4, 0.5) is 0 Å². The summed E-state index contributed by atoms with van der Waals surface area (Å²) >= 11 is 1.63. The van der Waals surface area contributed by atoms with Gasteiger partial charge in [0.05, 0.1) is 16.0 Å². The number of hydrogen-bond donors (Lipinski definition) is 1. The summed E-state index contributed by atoms with van der Waals surface area (Å²) in [6.07, 6.45) is 1.77. The summed E-state index contributed by atoms with van der Waals surface area (Å²) in [4.78, 5) is 18.4. The number of amides is 1. The van der Waals surface area contributed by atoms with E-state index in [2.05, 4.69) is 15.5 Å². The van der Waals surface area contributed by atoms with E-state index in [1.165, 1.54) is 0 Å². The molecule has 0 saturated heterocycles. The van der Waals surface area contributed by atoms with Crippen LogP contribution >= 0.6 is 11.3 Å². The van der Waals surface area contributed by atoms with Gasteiger partial charge in [0.1, 0.15) is 5.52 Å². The highest BCUT2D eigenvalue weighted by atomic mass is 32.1. The SMILES string of the molecule is O=C(NCc1cccnc1-c1cccs1)c1ccc2noc(-c3ccccc3)c2c1. The number of rotatable bonds is 5. The first-order valence-corrected chi connectivity index (χ1v) is 10.4. The molecule has 0 aliphatic rings. The molecule has 5 rings (SSSR count). The van der Waals surface area contributed by atoms with E-state index >= 15 is 0 Å². The van der Waals surface area contributed by atoms with E-state index in [1.54, 1.807) is 29.7 Å². The second kappa shape index (κ2) is 7.93. The predicted octanol–water partition coefficient (Wildman–Crippen LogP) is 5.55. The number of thiophene rings is 1. The molecule has 0 saturated carbocycles. The summed E-state index contributed by atoms with van der Waals surface area (Å²) in [5, 5.41) is 9.96. The molecule has 2 aromatic carbocycles. The molecule has 30 heavy (non-hydrogen) atoms. The zero-order valence-electron chi connectivity index (χ0n) is 15.9. The maximum atomic E-state index is 12.8. The fourth-order valence-corrected chi connectivity index (χ4v) is 4.13. The van der Waals surface area contributed by atoms with Gasteiger partial charge in [0, 0.05) is 23.9 Å². The van der Waals surface area contributed by atoms with Crippen molar-refractivity contribution in [1.29, 1.82) is 0 Å². The van der Waals surface area contributed by atoms with Gasteiger partial charge >= 0.3 is 0 Å². The zero-order chi connectivity index (χ0) is 20.3. The number of nitrogens with zero attached hydrogens (tertiary/aromatic N) is 2. The number of benzene rings is 2. The van der Waals surface area contributed by atoms with Crippen LogP contribution in [-0.4, -0.2) is 16.0 Å². The van der Waals surface area contributed by atoms with E-state index in [0.717, 1.165) is 32.6 Å². The highest BCUT2D eigenvalue weighted by molar-refractivity contribution is 7.13. The minimum atomic E-state index is -0.155. The molecule has 6 heteroatoms. The van der Waals surface area contributed by atoms with Gasteiger partial charge in [-0.2, -0.15) is 0 Å². The first-order chi connectivity index (χ1) is 14.8. The molecule has 0 fully saturated rings. The molecule has 1 N–H and O–H groups in total. The topological polar surface area (TPSA) is 68.0 Å². The molecule has 0 aliphatic heterocycles. The van der Waals surface area contributed by atoms with Gasteiger partial charge in [0.2, 0.25) is 0 Å². The summed E-state index contributed by atoms with van der Waals surface area (Å²) in [5.41, 5.74) is 4.08. The molecule has 0 bridgehead atoms. The maximum Gasteiger partial charge on any atom is 0.251 e. The lowest BCUT2D eigenvalue weighted by Crippen LogP contribution is -2.23. The van der Waals surface area contributed by atoms with E-state index in [9.17, 15) is 4.79 Å². The zero-order valence-corrected chi connectivity index (χ0v) is 16.7. The van der Waals surface area contributed by atoms with Gasteiger partial charge in [0.15, 0.2) is 5.76 Å². The number of fused-ring (bicyclic) bond motifs is 1. The normalized spacial score (nSPS) is 10.9. The summed E-state index contributed by atoms with van der Waals surface area (Å²) in [6, 6.07) is 23.0. The number of nitrogens with one attached hydrogen (secondary N) is 1. The Morgan fingerprint density at radius 3 is 2.73 bits per heavy atom. The molecular weight excluding hydrogens is 394 g/mol. The third-order valence-corrected chi connectivity index (χ3v) is 5.74. The van der Waals surface area contributed by atoms with E-state index in [1.807, 2.05) is 66.0 Å². The van der Waals surface area contributed by atoms with E-state index in [0.29, 0.717) is 17.9 Å². The first kappa shape index (κ1) is 18.3. The average molecular weight is 411 g/mol. The molecule has 0 radical (unpaired) electrons. The Morgan fingerprint density at radius 1 is 1.00 bits per heavy atom. The van der Waals surface area contributed by atoms with Crippen molar-refractivity contribution < 1.29 is 9.32 Å². The van der Waals surface area contributed by atoms with E-state index in [4.69, 9.17) is 4.52 Å². The van der Waals surface area contributed by atoms with Gasteiger partial charge in [-0.05, 0) is 41.3 Å². The summed E-state index contributed by atoms with van der Waals surface area (Å²) in [5.74, 6) is 0.505. The van der Waals surface area contributed by atoms with E-state index < -0.39 is 0 Å². The molecule has 5 nitrogen and oxygen atoms in total. The molecule has 0 atom stereocenters. The van der Waals surface area contributed by atoms with Gasteiger partial charge in [0.25, 0.3) is 5.91 Å². The van der Waals surface area contributed by atoms with Crippen LogP contribution in [0.3, 0.4) is 0 Å². The quantitative estimate of drug-likeness (QED) is 0.412. The van der Waals surface area contributed by atoms with Crippen LogP contribution < -0.4 is 5.32 Å². The Bertz CT molecular complexity index is 1310. The third-order valence-electron chi connectivity index (χ3n) is 4.86. The standard InChI is InChI=1S/C24H17N3O2S/c28-24(26-15-18-8-4-12-25-22(18)21-9-5-13-30-21)17-10-11-20-19(14-17)23(29-27-20)16-6-2-1-3-7-16/h1-14H,15H2,(H,26,28). The number of carbonyl (C=O) groups is 1. The van der Waals surface area contributed by atoms with Crippen molar-refractivity contribution in [3.8, 4) is 21.9 Å². The highest BCUT2D eigenvalue weighted by Gasteiger charge is 2.15. The smallest absolute Gasteiger partial charge is 0.251 e. The second-order valence-corrected chi connectivity index (χ2v) is 7.73. The van der Waals surface area contributed by atoms with Crippen LogP contribution in [0.2, 0.25) is 0 Å². The highest BCUT2D eigenvalue weighted by Crippen LogP contribution is 2.29. The van der Waals surface area contributed by atoms with Crippen molar-refractivity contribution in [2.45, 2.75) is 6.54 Å². The lowest BCUT2D eigenvalue weighted by molar-refractivity contribution is 0.0951. The van der Waals surface area contributed by atoms with E-state index in [-0.39, 0.29) is 5.91 Å². The van der Waals surface area contributed by atoms with Crippen molar-refractivity contribution in [1.82, 2.24) is 15.5 Å². The largest absolute Gasteiger partial charge is 0.355 e. The molecule has 0 aliphatic carbocycles. The maximum absolute atomic E-state index is 12.8. The Balaban J connectivity index is 1.40. The fourth-order valence-electron chi connectivity index (χ4n) is 3.37. The summed E-state index contributed by atoms with van der Waals surface area (Å²) in [7, 11) is 0. The van der Waals surface area contributed by atoms with Crippen molar-refractivity contribution in [2.75, 3.05) is 0 Å². The fraction of sp³-hybridized carbons (Fsp3) is 0.0417. The minimum absolute atomic E-state index is 0.155. The summed E-state index contributed by atoms with van der Waals surface area (Å²) < 4.78 is 5.53. The average Bonchev–Trinajstić information content (AvgIpc) is 3.48. The van der Waals surface area contributed by atoms with Crippen LogP contribution in [-0.2, 0) is 6.54 Å². The Morgan fingerprint density at radius 2 is 1.90 bits per heavy atom. The molecule has 0 spiro atoms. The molecule has 5 aromatic rings. The molecule has 3 aromatic heterocycles. The van der Waals surface area contributed by atoms with Crippen molar-refractivity contribution in [2.24, 2.45) is 0 Å². The first-order valence-electron chi connectivity index (χ1n) is 9.50. The second-order valence-electron chi connectivity index (χ2n) is 6.78. The molecule has 1 amide bonds. The van der Waals surface area contributed by atoms with Gasteiger partial charge in [-0.25, -0.2) is 0 Å². The molecule has 3 heterocycles. The van der Waals surface area contributed by atoms with Crippen molar-refractivity contribution in [3.63, 3.8) is 0 Å². The summed E-state index contributed by atoms with van der Waals surface area (Å²) in [6.45, 7) is 0.396. The predicted molar refractivity (Wildman–Crippen MR) is 118 cm³/mol. The Hall–Kier alpha value is -3.77. The lowest BCUT2D eigenvalue weighted by Gasteiger charge is -2.09. The number of hydrogen-bond acceptors (Lipinski definition) is 5. The third kappa shape index (κ3) is 3.49. The monoisotopic (exact) mass is 411 g/mol. The minimum Gasteiger partial charge on any atom is -0.355 e.